The zero-order valence-corrected chi connectivity index (χ0v) is 13.5. The van der Waals surface area contributed by atoms with E-state index in [4.69, 9.17) is 8.92 Å². The molecule has 1 heterocycles. The summed E-state index contributed by atoms with van der Waals surface area (Å²) in [5.74, 6) is -1.38. The largest absolute Gasteiger partial charge is 0.465 e. The highest BCUT2D eigenvalue weighted by molar-refractivity contribution is 7.86. The summed E-state index contributed by atoms with van der Waals surface area (Å²) >= 11 is 0. The number of benzene rings is 1. The normalized spacial score (nSPS) is 11.3. The molecule has 1 N–H and O–H groups in total. The fraction of sp³-hybridized carbons (Fsp3) is 0.286. The van der Waals surface area contributed by atoms with Gasteiger partial charge in [0.25, 0.3) is 0 Å². The predicted molar refractivity (Wildman–Crippen MR) is 81.1 cm³/mol. The lowest BCUT2D eigenvalue weighted by molar-refractivity contribution is 0.0519. The van der Waals surface area contributed by atoms with Crippen LogP contribution >= 0.6 is 0 Å². The Morgan fingerprint density at radius 3 is 2.43 bits per heavy atom. The van der Waals surface area contributed by atoms with Crippen molar-refractivity contribution in [3.63, 3.8) is 0 Å². The highest BCUT2D eigenvalue weighted by Gasteiger charge is 2.19. The number of fused-ring (bicyclic) bond motifs is 1. The van der Waals surface area contributed by atoms with Crippen molar-refractivity contribution < 1.29 is 31.7 Å². The number of ether oxygens (including phenoxy) is 2. The summed E-state index contributed by atoms with van der Waals surface area (Å²) in [5, 5.41) is 0.412. The molecular weight excluding hydrogens is 326 g/mol. The van der Waals surface area contributed by atoms with E-state index >= 15 is 0 Å². The van der Waals surface area contributed by atoms with E-state index in [0.717, 1.165) is 6.26 Å². The highest BCUT2D eigenvalue weighted by atomic mass is 32.2. The lowest BCUT2D eigenvalue weighted by atomic mass is 10.1. The number of H-pyrrole nitrogens is 1. The van der Waals surface area contributed by atoms with Crippen LogP contribution in [0.5, 0.6) is 5.75 Å². The Kier molecular flexibility index (Phi) is 4.60. The predicted octanol–water partition coefficient (Wildman–Crippen LogP) is 1.47. The SMILES string of the molecule is CCOC(=O)c1cc2cc(C(=O)OC)cc(OS(C)(=O)=O)c2[nH]1. The Morgan fingerprint density at radius 1 is 1.17 bits per heavy atom. The van der Waals surface area contributed by atoms with Gasteiger partial charge in [0, 0.05) is 5.39 Å². The summed E-state index contributed by atoms with van der Waals surface area (Å²) in [6.45, 7) is 1.85. The molecule has 8 nitrogen and oxygen atoms in total. The maximum atomic E-state index is 11.8. The maximum absolute atomic E-state index is 11.8. The summed E-state index contributed by atoms with van der Waals surface area (Å²) in [7, 11) is -2.63. The minimum atomic E-state index is -3.83. The van der Waals surface area contributed by atoms with E-state index in [9.17, 15) is 18.0 Å². The molecule has 23 heavy (non-hydrogen) atoms. The van der Waals surface area contributed by atoms with E-state index < -0.39 is 22.1 Å². The van der Waals surface area contributed by atoms with Crippen LogP contribution in [0.2, 0.25) is 0 Å². The number of hydrogen-bond donors (Lipinski definition) is 1. The lowest BCUT2D eigenvalue weighted by Crippen LogP contribution is -2.08. The van der Waals surface area contributed by atoms with Gasteiger partial charge in [0.15, 0.2) is 5.75 Å². The molecule has 0 radical (unpaired) electrons. The van der Waals surface area contributed by atoms with E-state index in [1.54, 1.807) is 6.92 Å². The monoisotopic (exact) mass is 341 g/mol. The third-order valence-corrected chi connectivity index (χ3v) is 3.33. The zero-order chi connectivity index (χ0) is 17.2. The van der Waals surface area contributed by atoms with Gasteiger partial charge in [-0.2, -0.15) is 8.42 Å². The molecule has 0 saturated carbocycles. The van der Waals surface area contributed by atoms with Crippen molar-refractivity contribution in [1.29, 1.82) is 0 Å². The minimum Gasteiger partial charge on any atom is -0.465 e. The fourth-order valence-corrected chi connectivity index (χ4v) is 2.45. The summed E-state index contributed by atoms with van der Waals surface area (Å²) in [6, 6.07) is 4.12. The van der Waals surface area contributed by atoms with Gasteiger partial charge >= 0.3 is 22.1 Å². The molecule has 0 unspecified atom stereocenters. The summed E-state index contributed by atoms with van der Waals surface area (Å²) in [6.07, 6.45) is 0.874. The first kappa shape index (κ1) is 16.8. The van der Waals surface area contributed by atoms with E-state index in [0.29, 0.717) is 5.39 Å². The van der Waals surface area contributed by atoms with Gasteiger partial charge in [-0.3, -0.25) is 0 Å². The third-order valence-electron chi connectivity index (χ3n) is 2.85. The van der Waals surface area contributed by atoms with Gasteiger partial charge in [0.1, 0.15) is 5.69 Å². The lowest BCUT2D eigenvalue weighted by Gasteiger charge is -2.07. The second kappa shape index (κ2) is 6.29. The molecule has 0 aliphatic rings. The van der Waals surface area contributed by atoms with Gasteiger partial charge in [-0.25, -0.2) is 9.59 Å². The molecule has 2 aromatic rings. The standard InChI is InChI=1S/C14H15NO7S/c1-4-21-14(17)10-6-8-5-9(13(16)20-2)7-11(12(8)15-10)22-23(3,18)19/h5-7,15H,4H2,1-3H3. The fourth-order valence-electron chi connectivity index (χ4n) is 1.99. The molecule has 1 aromatic carbocycles. The number of hydrogen-bond acceptors (Lipinski definition) is 7. The minimum absolute atomic E-state index is 0.0908. The number of aromatic amines is 1. The summed E-state index contributed by atoms with van der Waals surface area (Å²) in [4.78, 5) is 26.2. The Hall–Kier alpha value is -2.55. The average Bonchev–Trinajstić information content (AvgIpc) is 2.89. The molecule has 1 aromatic heterocycles. The number of carbonyl (C=O) groups excluding carboxylic acids is 2. The molecule has 0 fully saturated rings. The molecule has 0 aliphatic heterocycles. The van der Waals surface area contributed by atoms with E-state index in [2.05, 4.69) is 9.72 Å². The maximum Gasteiger partial charge on any atom is 0.354 e. The van der Waals surface area contributed by atoms with Gasteiger partial charge in [-0.05, 0) is 25.1 Å². The third kappa shape index (κ3) is 3.81. The number of carbonyl (C=O) groups is 2. The van der Waals surface area contributed by atoms with Crippen molar-refractivity contribution in [3.8, 4) is 5.75 Å². The molecular formula is C14H15NO7S. The van der Waals surface area contributed by atoms with E-state index in [1.165, 1.54) is 25.3 Å². The average molecular weight is 341 g/mol. The first-order valence-corrected chi connectivity index (χ1v) is 8.38. The van der Waals surface area contributed by atoms with E-state index in [-0.39, 0.29) is 29.1 Å². The van der Waals surface area contributed by atoms with Gasteiger partial charge in [0.05, 0.1) is 31.1 Å². The van der Waals surface area contributed by atoms with Gasteiger partial charge < -0.3 is 18.6 Å². The van der Waals surface area contributed by atoms with Gasteiger partial charge in [-0.1, -0.05) is 0 Å². The topological polar surface area (TPSA) is 112 Å². The Balaban J connectivity index is 2.63. The van der Waals surface area contributed by atoms with E-state index in [1.807, 2.05) is 0 Å². The summed E-state index contributed by atoms with van der Waals surface area (Å²) in [5.41, 5.74) is 0.460. The highest BCUT2D eigenvalue weighted by Crippen LogP contribution is 2.29. The van der Waals surface area contributed by atoms with Crippen molar-refractivity contribution in [1.82, 2.24) is 4.98 Å². The van der Waals surface area contributed by atoms with Crippen molar-refractivity contribution >= 4 is 33.0 Å². The quantitative estimate of drug-likeness (QED) is 0.647. The molecule has 0 bridgehead atoms. The smallest absolute Gasteiger partial charge is 0.354 e. The molecule has 0 amide bonds. The number of methoxy groups -OCH3 is 1. The Bertz CT molecular complexity index is 867. The van der Waals surface area contributed by atoms with Crippen LogP contribution in [0.25, 0.3) is 10.9 Å². The molecule has 0 saturated heterocycles. The Morgan fingerprint density at radius 2 is 1.87 bits per heavy atom. The van der Waals surface area contributed by atoms with Crippen LogP contribution in [0.3, 0.4) is 0 Å². The second-order valence-electron chi connectivity index (χ2n) is 4.62. The van der Waals surface area contributed by atoms with Crippen LogP contribution in [-0.2, 0) is 19.6 Å². The van der Waals surface area contributed by atoms with Crippen LogP contribution < -0.4 is 4.18 Å². The Labute approximate surface area is 132 Å². The van der Waals surface area contributed by atoms with Crippen molar-refractivity contribution in [2.24, 2.45) is 0 Å². The van der Waals surface area contributed by atoms with Crippen LogP contribution in [0.15, 0.2) is 18.2 Å². The number of esters is 2. The molecule has 0 spiro atoms. The number of nitrogens with one attached hydrogen (secondary N) is 1. The second-order valence-corrected chi connectivity index (χ2v) is 6.20. The van der Waals surface area contributed by atoms with Crippen LogP contribution in [0.1, 0.15) is 27.8 Å². The van der Waals surface area contributed by atoms with Crippen molar-refractivity contribution in [3.05, 3.63) is 29.5 Å². The molecule has 124 valence electrons. The molecule has 0 aliphatic carbocycles. The molecule has 0 atom stereocenters. The van der Waals surface area contributed by atoms with Crippen LogP contribution in [-0.4, -0.2) is 45.3 Å². The van der Waals surface area contributed by atoms with Gasteiger partial charge in [-0.15, -0.1) is 0 Å². The zero-order valence-electron chi connectivity index (χ0n) is 12.7. The first-order chi connectivity index (χ1) is 10.7. The van der Waals surface area contributed by atoms with Gasteiger partial charge in [0.2, 0.25) is 0 Å². The first-order valence-electron chi connectivity index (χ1n) is 6.56. The van der Waals surface area contributed by atoms with Crippen LogP contribution in [0, 0.1) is 0 Å². The molecule has 2 rings (SSSR count). The van der Waals surface area contributed by atoms with Crippen molar-refractivity contribution in [2.45, 2.75) is 6.92 Å². The van der Waals surface area contributed by atoms with Crippen molar-refractivity contribution in [2.75, 3.05) is 20.0 Å². The number of aromatic nitrogens is 1. The summed E-state index contributed by atoms with van der Waals surface area (Å²) < 4.78 is 37.2. The molecule has 9 heteroatoms. The van der Waals surface area contributed by atoms with Crippen LogP contribution in [0.4, 0.5) is 0 Å². The number of rotatable bonds is 5.